The fraction of sp³-hybridized carbons (Fsp3) is 0.438. The summed E-state index contributed by atoms with van der Waals surface area (Å²) in [5, 5.41) is 2.95. The third kappa shape index (κ3) is 6.25. The van der Waals surface area contributed by atoms with Crippen LogP contribution >= 0.6 is 7.60 Å². The number of anilines is 1. The largest absolute Gasteiger partial charge is 0.381 e. The van der Waals surface area contributed by atoms with Crippen molar-refractivity contribution in [1.29, 1.82) is 0 Å². The van der Waals surface area contributed by atoms with E-state index in [-0.39, 0.29) is 29.4 Å². The van der Waals surface area contributed by atoms with Crippen LogP contribution < -0.4 is 21.1 Å². The Hall–Kier alpha value is -3.23. The molecule has 42 heavy (non-hydrogen) atoms. The minimum Gasteiger partial charge on any atom is -0.381 e. The van der Waals surface area contributed by atoms with E-state index in [0.717, 1.165) is 67.6 Å². The van der Waals surface area contributed by atoms with E-state index in [1.807, 2.05) is 19.9 Å². The SMILES string of the molecule is CCN(c1cc(-c2cccc(P(=O)(O)O)c2)cc(C(=O)NCc2c3c(c(C)[nH]c2=O)CCCC3)c1C)C1CCOCC1. The van der Waals surface area contributed by atoms with Gasteiger partial charge in [-0.2, -0.15) is 0 Å². The van der Waals surface area contributed by atoms with Gasteiger partial charge in [-0.3, -0.25) is 14.2 Å². The van der Waals surface area contributed by atoms with Gasteiger partial charge in [-0.25, -0.2) is 0 Å². The van der Waals surface area contributed by atoms with Gasteiger partial charge in [-0.1, -0.05) is 12.1 Å². The Morgan fingerprint density at radius 2 is 1.79 bits per heavy atom. The van der Waals surface area contributed by atoms with E-state index in [1.165, 1.54) is 17.7 Å². The molecular formula is C32H40N3O6P. The van der Waals surface area contributed by atoms with E-state index in [2.05, 4.69) is 22.1 Å². The third-order valence-electron chi connectivity index (χ3n) is 8.71. The number of ether oxygens (including phenoxy) is 1. The second-order valence-electron chi connectivity index (χ2n) is 11.3. The molecule has 1 fully saturated rings. The van der Waals surface area contributed by atoms with Crippen molar-refractivity contribution < 1.29 is 23.9 Å². The zero-order valence-electron chi connectivity index (χ0n) is 24.5. The van der Waals surface area contributed by atoms with Gasteiger partial charge in [0.15, 0.2) is 0 Å². The molecule has 1 aromatic heterocycles. The molecule has 1 aliphatic carbocycles. The molecule has 0 unspecified atom stereocenters. The predicted octanol–water partition coefficient (Wildman–Crippen LogP) is 4.28. The summed E-state index contributed by atoms with van der Waals surface area (Å²) in [6.45, 7) is 8.15. The van der Waals surface area contributed by atoms with E-state index in [9.17, 15) is 23.9 Å². The summed E-state index contributed by atoms with van der Waals surface area (Å²) in [6.07, 6.45) is 5.60. The Labute approximate surface area is 246 Å². The smallest absolute Gasteiger partial charge is 0.356 e. The number of aryl methyl sites for hydroxylation is 1. The van der Waals surface area contributed by atoms with Crippen molar-refractivity contribution in [2.75, 3.05) is 24.7 Å². The normalized spacial score (nSPS) is 15.7. The first-order valence-electron chi connectivity index (χ1n) is 14.8. The van der Waals surface area contributed by atoms with Gasteiger partial charge in [-0.15, -0.1) is 0 Å². The maximum Gasteiger partial charge on any atom is 0.356 e. The Balaban J connectivity index is 1.55. The van der Waals surface area contributed by atoms with Crippen LogP contribution in [0.25, 0.3) is 11.1 Å². The number of carbonyl (C=O) groups excluding carboxylic acids is 1. The minimum atomic E-state index is -4.46. The molecule has 0 saturated carbocycles. The van der Waals surface area contributed by atoms with Gasteiger partial charge in [0.25, 0.3) is 11.5 Å². The van der Waals surface area contributed by atoms with Crippen LogP contribution in [0.2, 0.25) is 0 Å². The monoisotopic (exact) mass is 593 g/mol. The standard InChI is InChI=1S/C32H40N3O6P/c1-4-35(24-12-14-41-15-13-24)30-18-23(22-8-7-9-25(16-22)42(38,39)40)17-28(20(30)2)31(36)33-19-29-27-11-6-5-10-26(27)21(3)34-32(29)37/h7-9,16-18,24H,4-6,10-15,19H2,1-3H3,(H,33,36)(H,34,37)(H2,38,39,40). The van der Waals surface area contributed by atoms with Crippen molar-refractivity contribution in [2.24, 2.45) is 0 Å². The van der Waals surface area contributed by atoms with Gasteiger partial charge >= 0.3 is 7.60 Å². The van der Waals surface area contributed by atoms with Crippen LogP contribution in [-0.2, 0) is 28.7 Å². The van der Waals surface area contributed by atoms with Crippen LogP contribution in [0.1, 0.15) is 70.9 Å². The number of hydrogen-bond acceptors (Lipinski definition) is 5. The number of carbonyl (C=O) groups is 1. The number of nitrogens with zero attached hydrogens (tertiary/aromatic N) is 1. The third-order valence-corrected chi connectivity index (χ3v) is 9.66. The maximum absolute atomic E-state index is 13.8. The number of rotatable bonds is 8. The lowest BCUT2D eigenvalue weighted by Gasteiger charge is -2.37. The van der Waals surface area contributed by atoms with Crippen LogP contribution in [0.15, 0.2) is 41.2 Å². The molecule has 1 saturated heterocycles. The van der Waals surface area contributed by atoms with Crippen molar-refractivity contribution in [3.63, 3.8) is 0 Å². The van der Waals surface area contributed by atoms with Gasteiger partial charge in [0, 0.05) is 54.9 Å². The summed E-state index contributed by atoms with van der Waals surface area (Å²) in [4.78, 5) is 51.7. The number of aromatic nitrogens is 1. The van der Waals surface area contributed by atoms with Gasteiger partial charge in [0.05, 0.1) is 5.30 Å². The molecular weight excluding hydrogens is 553 g/mol. The average molecular weight is 594 g/mol. The second-order valence-corrected chi connectivity index (χ2v) is 12.9. The van der Waals surface area contributed by atoms with Crippen molar-refractivity contribution in [3.8, 4) is 11.1 Å². The molecule has 2 aliphatic rings. The topological polar surface area (TPSA) is 132 Å². The number of pyridine rings is 1. The van der Waals surface area contributed by atoms with Crippen LogP contribution in [0, 0.1) is 13.8 Å². The molecule has 0 radical (unpaired) electrons. The Morgan fingerprint density at radius 1 is 1.07 bits per heavy atom. The maximum atomic E-state index is 13.8. The Kier molecular flexibility index (Phi) is 9.04. The van der Waals surface area contributed by atoms with Crippen LogP contribution in [-0.4, -0.2) is 46.5 Å². The minimum absolute atomic E-state index is 0.0757. The van der Waals surface area contributed by atoms with Crippen molar-refractivity contribution in [1.82, 2.24) is 10.3 Å². The Bertz CT molecular complexity index is 1590. The summed E-state index contributed by atoms with van der Waals surface area (Å²) in [6, 6.07) is 10.3. The first-order chi connectivity index (χ1) is 20.1. The predicted molar refractivity (Wildman–Crippen MR) is 165 cm³/mol. The number of H-pyrrole nitrogens is 1. The van der Waals surface area contributed by atoms with Crippen molar-refractivity contribution in [3.05, 3.63) is 80.3 Å². The first-order valence-corrected chi connectivity index (χ1v) is 16.4. The zero-order valence-corrected chi connectivity index (χ0v) is 25.4. The lowest BCUT2D eigenvalue weighted by Crippen LogP contribution is -2.40. The average Bonchev–Trinajstić information content (AvgIpc) is 2.98. The summed E-state index contributed by atoms with van der Waals surface area (Å²) < 4.78 is 17.6. The summed E-state index contributed by atoms with van der Waals surface area (Å²) in [7, 11) is -4.46. The molecule has 1 amide bonds. The highest BCUT2D eigenvalue weighted by Crippen LogP contribution is 2.37. The van der Waals surface area contributed by atoms with E-state index in [1.54, 1.807) is 18.2 Å². The van der Waals surface area contributed by atoms with Gasteiger partial charge in [0.1, 0.15) is 0 Å². The number of nitrogens with one attached hydrogen (secondary N) is 2. The molecule has 4 N–H and O–H groups in total. The second kappa shape index (κ2) is 12.6. The quantitative estimate of drug-likeness (QED) is 0.287. The zero-order chi connectivity index (χ0) is 30.0. The van der Waals surface area contributed by atoms with E-state index >= 15 is 0 Å². The highest BCUT2D eigenvalue weighted by atomic mass is 31.2. The fourth-order valence-electron chi connectivity index (χ4n) is 6.45. The van der Waals surface area contributed by atoms with Gasteiger partial charge < -0.3 is 29.7 Å². The lowest BCUT2D eigenvalue weighted by atomic mass is 9.88. The van der Waals surface area contributed by atoms with E-state index in [4.69, 9.17) is 4.74 Å². The van der Waals surface area contributed by atoms with E-state index < -0.39 is 7.60 Å². The highest BCUT2D eigenvalue weighted by molar-refractivity contribution is 7.60. The molecule has 0 bridgehead atoms. The molecule has 224 valence electrons. The number of amides is 1. The highest BCUT2D eigenvalue weighted by Gasteiger charge is 2.26. The molecule has 0 spiro atoms. The summed E-state index contributed by atoms with van der Waals surface area (Å²) >= 11 is 0. The molecule has 5 rings (SSSR count). The molecule has 1 aliphatic heterocycles. The van der Waals surface area contributed by atoms with Crippen LogP contribution in [0.4, 0.5) is 5.69 Å². The molecule has 9 nitrogen and oxygen atoms in total. The van der Waals surface area contributed by atoms with Gasteiger partial charge in [0.2, 0.25) is 0 Å². The van der Waals surface area contributed by atoms with Crippen molar-refractivity contribution in [2.45, 2.75) is 71.9 Å². The number of fused-ring (bicyclic) bond motifs is 1. The summed E-state index contributed by atoms with van der Waals surface area (Å²) in [5.41, 5.74) is 7.08. The van der Waals surface area contributed by atoms with Crippen molar-refractivity contribution >= 4 is 24.5 Å². The summed E-state index contributed by atoms with van der Waals surface area (Å²) in [5.74, 6) is -0.297. The van der Waals surface area contributed by atoms with Crippen LogP contribution in [0.5, 0.6) is 0 Å². The molecule has 2 aromatic carbocycles. The number of aromatic amines is 1. The molecule has 3 aromatic rings. The van der Waals surface area contributed by atoms with Gasteiger partial charge in [-0.05, 0) is 111 Å². The molecule has 10 heteroatoms. The molecule has 0 atom stereocenters. The Morgan fingerprint density at radius 3 is 2.48 bits per heavy atom. The number of hydrogen-bond donors (Lipinski definition) is 4. The van der Waals surface area contributed by atoms with Crippen LogP contribution in [0.3, 0.4) is 0 Å². The lowest BCUT2D eigenvalue weighted by molar-refractivity contribution is 0.0846. The first kappa shape index (κ1) is 30.2. The fourth-order valence-corrected chi connectivity index (χ4v) is 7.04. The number of benzene rings is 2. The molecule has 2 heterocycles. The van der Waals surface area contributed by atoms with E-state index in [0.29, 0.717) is 35.5 Å².